The molecule has 38 heavy (non-hydrogen) atoms. The lowest BCUT2D eigenvalue weighted by Crippen LogP contribution is -2.40. The van der Waals surface area contributed by atoms with Gasteiger partial charge in [-0.25, -0.2) is 9.79 Å². The van der Waals surface area contributed by atoms with Gasteiger partial charge in [0, 0.05) is 4.47 Å². The summed E-state index contributed by atoms with van der Waals surface area (Å²) in [5.74, 6) is 0.946. The highest BCUT2D eigenvalue weighted by Crippen LogP contribution is 2.40. The molecule has 0 amide bonds. The van der Waals surface area contributed by atoms with Gasteiger partial charge in [-0.05, 0) is 55.3 Å². The number of rotatable bonds is 8. The summed E-state index contributed by atoms with van der Waals surface area (Å²) in [5, 5.41) is 8.69. The topological polar surface area (TPSA) is 112 Å². The van der Waals surface area contributed by atoms with Crippen molar-refractivity contribution in [2.75, 3.05) is 27.4 Å². The molecule has 0 N–H and O–H groups in total. The van der Waals surface area contributed by atoms with E-state index in [1.165, 1.54) is 30.1 Å². The lowest BCUT2D eigenvalue weighted by atomic mass is 9.95. The van der Waals surface area contributed by atoms with Crippen LogP contribution in [0.4, 0.5) is 0 Å². The van der Waals surface area contributed by atoms with Crippen LogP contribution in [0.1, 0.15) is 31.0 Å². The monoisotopic (exact) mass is 597 g/mol. The van der Waals surface area contributed by atoms with Crippen molar-refractivity contribution < 1.29 is 23.7 Å². The molecular weight excluding hydrogens is 574 g/mol. The number of benzene rings is 2. The Morgan fingerprint density at radius 3 is 2.53 bits per heavy atom. The number of allylic oxidation sites excluding steroid dienone is 1. The maximum atomic E-state index is 13.8. The molecule has 0 aliphatic carbocycles. The zero-order valence-corrected chi connectivity index (χ0v) is 23.5. The van der Waals surface area contributed by atoms with Crippen LogP contribution in [0.5, 0.6) is 17.2 Å². The summed E-state index contributed by atoms with van der Waals surface area (Å²) in [6.45, 7) is 3.58. The van der Waals surface area contributed by atoms with Crippen molar-refractivity contribution in [3.05, 3.63) is 83.0 Å². The fraction of sp³-hybridized carbons (Fsp3) is 0.259. The van der Waals surface area contributed by atoms with Crippen LogP contribution in [0.3, 0.4) is 0 Å². The lowest BCUT2D eigenvalue weighted by Gasteiger charge is -2.26. The number of nitriles is 1. The Morgan fingerprint density at radius 1 is 1.21 bits per heavy atom. The summed E-state index contributed by atoms with van der Waals surface area (Å²) in [6.07, 6.45) is 1.75. The van der Waals surface area contributed by atoms with Gasteiger partial charge in [0.1, 0.15) is 11.8 Å². The van der Waals surface area contributed by atoms with E-state index < -0.39 is 12.0 Å². The number of carbonyl (C=O) groups is 1. The van der Waals surface area contributed by atoms with E-state index in [4.69, 9.17) is 24.2 Å². The van der Waals surface area contributed by atoms with Crippen LogP contribution in [0, 0.1) is 11.3 Å². The molecule has 196 valence electrons. The van der Waals surface area contributed by atoms with Crippen LogP contribution in [-0.2, 0) is 9.53 Å². The van der Waals surface area contributed by atoms with Crippen molar-refractivity contribution in [2.45, 2.75) is 19.9 Å². The van der Waals surface area contributed by atoms with Crippen LogP contribution in [-0.4, -0.2) is 38.0 Å². The second-order valence-electron chi connectivity index (χ2n) is 8.05. The second kappa shape index (κ2) is 11.7. The quantitative estimate of drug-likeness (QED) is 0.365. The first-order valence-corrected chi connectivity index (χ1v) is 13.1. The number of thiazole rings is 1. The molecule has 3 aromatic rings. The van der Waals surface area contributed by atoms with Gasteiger partial charge < -0.3 is 18.9 Å². The number of carbonyl (C=O) groups excluding carboxylic acids is 1. The standard InChI is InChI=1S/C27H24BrN3O6S/c1-5-36-26(33)23-15(2)30-27-31(24(23)18-13-20(34-3)21(35-4)14-19(18)28)25(32)22(38-27)12-16-6-8-17(9-7-16)37-11-10-29/h6-9,12-14,24H,5,11H2,1-4H3/b22-12-/t24-/m1/s1. The highest BCUT2D eigenvalue weighted by molar-refractivity contribution is 9.10. The number of hydrogen-bond acceptors (Lipinski definition) is 9. The van der Waals surface area contributed by atoms with E-state index in [-0.39, 0.29) is 24.3 Å². The Hall–Kier alpha value is -3.88. The van der Waals surface area contributed by atoms with Gasteiger partial charge in [-0.2, -0.15) is 5.26 Å². The van der Waals surface area contributed by atoms with Gasteiger partial charge in [0.25, 0.3) is 5.56 Å². The van der Waals surface area contributed by atoms with Crippen molar-refractivity contribution in [1.82, 2.24) is 4.57 Å². The number of hydrogen-bond donors (Lipinski definition) is 0. The van der Waals surface area contributed by atoms with Crippen molar-refractivity contribution >= 4 is 39.3 Å². The Labute approximate surface area is 231 Å². The summed E-state index contributed by atoms with van der Waals surface area (Å²) >= 11 is 4.82. The van der Waals surface area contributed by atoms with Crippen LogP contribution < -0.4 is 29.1 Å². The van der Waals surface area contributed by atoms with Gasteiger partial charge in [0.15, 0.2) is 22.9 Å². The first-order chi connectivity index (χ1) is 18.3. The van der Waals surface area contributed by atoms with Crippen LogP contribution in [0.15, 0.2) is 61.9 Å². The maximum absolute atomic E-state index is 13.8. The van der Waals surface area contributed by atoms with E-state index in [1.807, 2.05) is 6.07 Å². The van der Waals surface area contributed by atoms with E-state index in [1.54, 1.807) is 56.3 Å². The normalized spacial score (nSPS) is 14.8. The van der Waals surface area contributed by atoms with Crippen molar-refractivity contribution in [3.8, 4) is 23.3 Å². The number of fused-ring (bicyclic) bond motifs is 1. The Bertz CT molecular complexity index is 1630. The second-order valence-corrected chi connectivity index (χ2v) is 9.91. The van der Waals surface area contributed by atoms with Gasteiger partial charge in [-0.1, -0.05) is 39.4 Å². The van der Waals surface area contributed by atoms with E-state index in [2.05, 4.69) is 20.9 Å². The number of methoxy groups -OCH3 is 2. The highest BCUT2D eigenvalue weighted by Gasteiger charge is 2.35. The molecular formula is C27H24BrN3O6S. The molecule has 0 saturated heterocycles. The molecule has 2 aromatic carbocycles. The first-order valence-electron chi connectivity index (χ1n) is 11.5. The maximum Gasteiger partial charge on any atom is 0.338 e. The summed E-state index contributed by atoms with van der Waals surface area (Å²) in [7, 11) is 3.05. The third-order valence-electron chi connectivity index (χ3n) is 5.80. The highest BCUT2D eigenvalue weighted by atomic mass is 79.9. The molecule has 0 unspecified atom stereocenters. The van der Waals surface area contributed by atoms with Crippen molar-refractivity contribution in [2.24, 2.45) is 4.99 Å². The number of aromatic nitrogens is 1. The van der Waals surface area contributed by atoms with Gasteiger partial charge in [-0.3, -0.25) is 9.36 Å². The van der Waals surface area contributed by atoms with Gasteiger partial charge in [0.2, 0.25) is 0 Å². The largest absolute Gasteiger partial charge is 0.493 e. The third kappa shape index (κ3) is 5.23. The zero-order valence-electron chi connectivity index (χ0n) is 21.1. The Morgan fingerprint density at radius 2 is 1.89 bits per heavy atom. The predicted molar refractivity (Wildman–Crippen MR) is 145 cm³/mol. The minimum atomic E-state index is -0.816. The van der Waals surface area contributed by atoms with E-state index in [0.29, 0.717) is 42.3 Å². The van der Waals surface area contributed by atoms with Crippen molar-refractivity contribution in [1.29, 1.82) is 5.26 Å². The van der Waals surface area contributed by atoms with Gasteiger partial charge >= 0.3 is 5.97 Å². The summed E-state index contributed by atoms with van der Waals surface area (Å²) in [4.78, 5) is 32.0. The predicted octanol–water partition coefficient (Wildman–Crippen LogP) is 3.48. The summed E-state index contributed by atoms with van der Waals surface area (Å²) < 4.78 is 24.2. The minimum absolute atomic E-state index is 0.0498. The molecule has 0 radical (unpaired) electrons. The average Bonchev–Trinajstić information content (AvgIpc) is 3.21. The molecule has 0 spiro atoms. The fourth-order valence-electron chi connectivity index (χ4n) is 4.09. The lowest BCUT2D eigenvalue weighted by molar-refractivity contribution is -0.139. The smallest absolute Gasteiger partial charge is 0.338 e. The molecule has 1 atom stereocenters. The SMILES string of the molecule is CCOC(=O)C1=C(C)N=c2s/c(=C\c3ccc(OCC#N)cc3)c(=O)n2[C@@H]1c1cc(OC)c(OC)cc1Br. The molecule has 9 nitrogen and oxygen atoms in total. The van der Waals surface area contributed by atoms with Gasteiger partial charge in [-0.15, -0.1) is 0 Å². The Kier molecular flexibility index (Phi) is 8.34. The molecule has 2 heterocycles. The molecule has 11 heteroatoms. The first kappa shape index (κ1) is 27.2. The number of ether oxygens (including phenoxy) is 4. The molecule has 0 bridgehead atoms. The molecule has 0 saturated carbocycles. The fourth-order valence-corrected chi connectivity index (χ4v) is 5.68. The number of esters is 1. The van der Waals surface area contributed by atoms with Gasteiger partial charge in [0.05, 0.1) is 42.7 Å². The zero-order chi connectivity index (χ0) is 27.4. The molecule has 0 fully saturated rings. The Balaban J connectivity index is 1.92. The van der Waals surface area contributed by atoms with Crippen LogP contribution in [0.2, 0.25) is 0 Å². The molecule has 4 rings (SSSR count). The summed E-state index contributed by atoms with van der Waals surface area (Å²) in [6, 6.07) is 11.6. The molecule has 1 aliphatic rings. The van der Waals surface area contributed by atoms with Crippen LogP contribution in [0.25, 0.3) is 6.08 Å². The van der Waals surface area contributed by atoms with E-state index >= 15 is 0 Å². The number of nitrogens with zero attached hydrogens (tertiary/aromatic N) is 3. The summed E-state index contributed by atoms with van der Waals surface area (Å²) in [5.41, 5.74) is 1.80. The molecule has 1 aliphatic heterocycles. The number of halogens is 1. The molecule has 1 aromatic heterocycles. The van der Waals surface area contributed by atoms with Crippen molar-refractivity contribution in [3.63, 3.8) is 0 Å². The minimum Gasteiger partial charge on any atom is -0.493 e. The van der Waals surface area contributed by atoms with E-state index in [9.17, 15) is 9.59 Å². The van der Waals surface area contributed by atoms with E-state index in [0.717, 1.165) is 5.56 Å². The van der Waals surface area contributed by atoms with Crippen LogP contribution >= 0.6 is 27.3 Å². The third-order valence-corrected chi connectivity index (χ3v) is 7.47. The average molecular weight is 598 g/mol.